The van der Waals surface area contributed by atoms with Gasteiger partial charge in [-0.3, -0.25) is 4.79 Å². The van der Waals surface area contributed by atoms with Gasteiger partial charge in [-0.2, -0.15) is 0 Å². The molecule has 0 spiro atoms. The lowest BCUT2D eigenvalue weighted by Crippen LogP contribution is -2.25. The number of thioether (sulfide) groups is 1. The average molecular weight is 432 g/mol. The van der Waals surface area contributed by atoms with E-state index in [0.29, 0.717) is 21.9 Å². The predicted molar refractivity (Wildman–Crippen MR) is 114 cm³/mol. The van der Waals surface area contributed by atoms with Crippen LogP contribution in [0, 0.1) is 6.92 Å². The van der Waals surface area contributed by atoms with Gasteiger partial charge < -0.3 is 4.74 Å². The van der Waals surface area contributed by atoms with Crippen LogP contribution in [0.4, 0.5) is 0 Å². The van der Waals surface area contributed by atoms with Crippen molar-refractivity contribution in [1.29, 1.82) is 0 Å². The third-order valence-corrected chi connectivity index (χ3v) is 6.37. The first-order valence-electron chi connectivity index (χ1n) is 8.57. The molecule has 2 aromatic carbocycles. The number of halogens is 1. The smallest absolute Gasteiger partial charge is 0.339 e. The minimum absolute atomic E-state index is 0.291. The van der Waals surface area contributed by atoms with Gasteiger partial charge in [0.1, 0.15) is 4.34 Å². The van der Waals surface area contributed by atoms with Crippen molar-refractivity contribution in [3.05, 3.63) is 81.3 Å². The van der Waals surface area contributed by atoms with Crippen molar-refractivity contribution < 1.29 is 14.3 Å². The average Bonchev–Trinajstić information content (AvgIpc) is 3.11. The molecule has 0 aliphatic heterocycles. The number of carbonyl (C=O) groups is 2. The Labute approximate surface area is 176 Å². The fraction of sp³-hybridized carbons (Fsp3) is 0.190. The molecule has 1 aromatic heterocycles. The summed E-state index contributed by atoms with van der Waals surface area (Å²) in [5.41, 5.74) is 2.69. The second-order valence-electron chi connectivity index (χ2n) is 6.12. The summed E-state index contributed by atoms with van der Waals surface area (Å²) in [5, 5.41) is 2.45. The number of thiazole rings is 1. The van der Waals surface area contributed by atoms with Crippen LogP contribution in [0.25, 0.3) is 0 Å². The van der Waals surface area contributed by atoms with Crippen molar-refractivity contribution in [3.8, 4) is 0 Å². The van der Waals surface area contributed by atoms with Gasteiger partial charge in [-0.25, -0.2) is 9.78 Å². The number of esters is 1. The van der Waals surface area contributed by atoms with E-state index in [2.05, 4.69) is 4.98 Å². The number of aromatic nitrogens is 1. The van der Waals surface area contributed by atoms with Crippen LogP contribution in [0.5, 0.6) is 0 Å². The molecule has 0 bridgehead atoms. The van der Waals surface area contributed by atoms with Crippen LogP contribution < -0.4 is 0 Å². The maximum absolute atomic E-state index is 12.7. The molecule has 3 rings (SSSR count). The number of aryl methyl sites for hydroxylation is 1. The number of hydrogen-bond donors (Lipinski definition) is 0. The fourth-order valence-electron chi connectivity index (χ4n) is 2.54. The zero-order chi connectivity index (χ0) is 20.1. The van der Waals surface area contributed by atoms with E-state index in [1.165, 1.54) is 0 Å². The van der Waals surface area contributed by atoms with E-state index in [1.807, 2.05) is 24.4 Å². The number of nitrogens with zero attached hydrogens (tertiary/aromatic N) is 1. The predicted octanol–water partition coefficient (Wildman–Crippen LogP) is 5.83. The molecule has 0 saturated carbocycles. The van der Waals surface area contributed by atoms with E-state index in [9.17, 15) is 9.59 Å². The molecule has 4 nitrogen and oxygen atoms in total. The molecule has 1 heterocycles. The summed E-state index contributed by atoms with van der Waals surface area (Å²) >= 11 is 9.08. The van der Waals surface area contributed by atoms with E-state index in [1.54, 1.807) is 66.4 Å². The third-order valence-electron chi connectivity index (χ3n) is 3.95. The lowest BCUT2D eigenvalue weighted by Gasteiger charge is -2.14. The minimum atomic E-state index is -0.909. The van der Waals surface area contributed by atoms with E-state index in [0.717, 1.165) is 15.6 Å². The Morgan fingerprint density at radius 3 is 2.71 bits per heavy atom. The van der Waals surface area contributed by atoms with Crippen LogP contribution in [-0.2, 0) is 10.5 Å². The van der Waals surface area contributed by atoms with Crippen molar-refractivity contribution in [2.24, 2.45) is 0 Å². The molecule has 0 saturated heterocycles. The summed E-state index contributed by atoms with van der Waals surface area (Å²) in [6.45, 7) is 3.51. The normalized spacial score (nSPS) is 11.8. The van der Waals surface area contributed by atoms with E-state index in [-0.39, 0.29) is 5.78 Å². The monoisotopic (exact) mass is 431 g/mol. The fourth-order valence-corrected chi connectivity index (χ4v) is 4.58. The molecule has 1 unspecified atom stereocenters. The van der Waals surface area contributed by atoms with Gasteiger partial charge in [0.05, 0.1) is 5.56 Å². The molecule has 0 amide bonds. The van der Waals surface area contributed by atoms with Crippen LogP contribution in [0.3, 0.4) is 0 Å². The largest absolute Gasteiger partial charge is 0.451 e. The third kappa shape index (κ3) is 5.22. The number of carbonyl (C=O) groups excluding carboxylic acids is 2. The lowest BCUT2D eigenvalue weighted by atomic mass is 10.1. The number of benzene rings is 2. The summed E-state index contributed by atoms with van der Waals surface area (Å²) < 4.78 is 6.38. The molecule has 144 valence electrons. The van der Waals surface area contributed by atoms with Gasteiger partial charge in [0.2, 0.25) is 5.78 Å². The van der Waals surface area contributed by atoms with Gasteiger partial charge in [0, 0.05) is 27.4 Å². The number of Topliss-reactive ketones (excluding diaryl/α,β-unsaturated/α-hetero) is 1. The molecule has 7 heteroatoms. The zero-order valence-corrected chi connectivity index (χ0v) is 17.7. The van der Waals surface area contributed by atoms with Crippen LogP contribution in [-0.4, -0.2) is 22.8 Å². The van der Waals surface area contributed by atoms with Gasteiger partial charge in [-0.15, -0.1) is 11.3 Å². The van der Waals surface area contributed by atoms with Crippen molar-refractivity contribution in [2.45, 2.75) is 30.0 Å². The molecular formula is C21H18ClNO3S2. The Kier molecular flexibility index (Phi) is 6.88. The van der Waals surface area contributed by atoms with Gasteiger partial charge >= 0.3 is 5.97 Å². The minimum Gasteiger partial charge on any atom is -0.451 e. The molecule has 0 aliphatic rings. The Balaban J connectivity index is 1.69. The van der Waals surface area contributed by atoms with Crippen LogP contribution >= 0.6 is 34.7 Å². The zero-order valence-electron chi connectivity index (χ0n) is 15.3. The topological polar surface area (TPSA) is 56.3 Å². The highest BCUT2D eigenvalue weighted by Gasteiger charge is 2.22. The molecule has 28 heavy (non-hydrogen) atoms. The Morgan fingerprint density at radius 1 is 1.21 bits per heavy atom. The number of ketones is 1. The van der Waals surface area contributed by atoms with Crippen LogP contribution in [0.15, 0.2) is 58.3 Å². The molecule has 3 aromatic rings. The maximum Gasteiger partial charge on any atom is 0.339 e. The lowest BCUT2D eigenvalue weighted by molar-refractivity contribution is 0.0318. The van der Waals surface area contributed by atoms with Gasteiger partial charge in [-0.05, 0) is 37.6 Å². The molecule has 0 radical (unpaired) electrons. The van der Waals surface area contributed by atoms with Crippen LogP contribution in [0.1, 0.15) is 38.9 Å². The number of hydrogen-bond acceptors (Lipinski definition) is 6. The summed E-state index contributed by atoms with van der Waals surface area (Å²) in [6.07, 6.45) is -0.909. The first-order chi connectivity index (χ1) is 13.4. The summed E-state index contributed by atoms with van der Waals surface area (Å²) in [6, 6.07) is 13.8. The summed E-state index contributed by atoms with van der Waals surface area (Å²) in [7, 11) is 0. The molecule has 1 atom stereocenters. The van der Waals surface area contributed by atoms with E-state index >= 15 is 0 Å². The van der Waals surface area contributed by atoms with E-state index in [4.69, 9.17) is 16.3 Å². The van der Waals surface area contributed by atoms with Crippen molar-refractivity contribution in [2.75, 3.05) is 0 Å². The molecule has 0 fully saturated rings. The molecular weight excluding hydrogens is 414 g/mol. The highest BCUT2D eigenvalue weighted by atomic mass is 35.5. The summed E-state index contributed by atoms with van der Waals surface area (Å²) in [5.74, 6) is -0.218. The van der Waals surface area contributed by atoms with Crippen LogP contribution in [0.2, 0.25) is 5.02 Å². The van der Waals surface area contributed by atoms with Gasteiger partial charge in [0.15, 0.2) is 6.10 Å². The SMILES string of the molecule is Cc1csc(SCc2ccccc2C(=O)OC(C)C(=O)c2cccc(Cl)c2)n1. The Bertz CT molecular complexity index is 1000. The summed E-state index contributed by atoms with van der Waals surface area (Å²) in [4.78, 5) is 29.6. The number of ether oxygens (including phenoxy) is 1. The highest BCUT2D eigenvalue weighted by molar-refractivity contribution is 8.00. The standard InChI is InChI=1S/C21H18ClNO3S2/c1-13-11-27-21(23-13)28-12-16-6-3-4-9-18(16)20(25)26-14(2)19(24)15-7-5-8-17(22)10-15/h3-11,14H,12H2,1-2H3. The van der Waals surface area contributed by atoms with Gasteiger partial charge in [0.25, 0.3) is 0 Å². The second-order valence-corrected chi connectivity index (χ2v) is 8.64. The number of rotatable bonds is 7. The maximum atomic E-state index is 12.7. The highest BCUT2D eigenvalue weighted by Crippen LogP contribution is 2.27. The van der Waals surface area contributed by atoms with Crippen molar-refractivity contribution >= 4 is 46.5 Å². The second kappa shape index (κ2) is 9.37. The van der Waals surface area contributed by atoms with Crippen molar-refractivity contribution in [3.63, 3.8) is 0 Å². The van der Waals surface area contributed by atoms with E-state index < -0.39 is 12.1 Å². The Hall–Kier alpha value is -2.15. The first-order valence-corrected chi connectivity index (χ1v) is 10.8. The first kappa shape index (κ1) is 20.6. The van der Waals surface area contributed by atoms with Crippen molar-refractivity contribution in [1.82, 2.24) is 4.98 Å². The van der Waals surface area contributed by atoms with Gasteiger partial charge in [-0.1, -0.05) is 53.7 Å². The quantitative estimate of drug-likeness (QED) is 0.268. The Morgan fingerprint density at radius 2 is 2.00 bits per heavy atom. The molecule has 0 N–H and O–H groups in total. The molecule has 0 aliphatic carbocycles.